The molecule has 0 unspecified atom stereocenters. The molecule has 0 saturated heterocycles. The van der Waals surface area contributed by atoms with E-state index in [1.165, 1.54) is 5.56 Å². The Bertz CT molecular complexity index is 1690. The summed E-state index contributed by atoms with van der Waals surface area (Å²) < 4.78 is 2.25. The summed E-state index contributed by atoms with van der Waals surface area (Å²) in [5.41, 5.74) is 3.26. The maximum absolute atomic E-state index is 13.3. The molecule has 7 heteroatoms. The number of nitrogens with one attached hydrogen (secondary N) is 1. The first-order chi connectivity index (χ1) is 16.0. The Morgan fingerprint density at radius 3 is 2.61 bits per heavy atom. The van der Waals surface area contributed by atoms with Gasteiger partial charge in [-0.15, -0.1) is 0 Å². The van der Waals surface area contributed by atoms with Gasteiger partial charge in [0.15, 0.2) is 5.65 Å². The van der Waals surface area contributed by atoms with Crippen LogP contribution in [0, 0.1) is 11.6 Å². The molecule has 1 atom stereocenters. The van der Waals surface area contributed by atoms with Gasteiger partial charge in [0, 0.05) is 17.4 Å². The number of para-hydroxylation sites is 1. The normalized spacial score (nSPS) is 15.3. The summed E-state index contributed by atoms with van der Waals surface area (Å²) in [5.74, 6) is 1.18. The predicted molar refractivity (Wildman–Crippen MR) is 134 cm³/mol. The Kier molecular flexibility index (Phi) is 4.41. The Labute approximate surface area is 195 Å². The molecule has 0 fully saturated rings. The number of anilines is 2. The highest BCUT2D eigenvalue weighted by atomic mass is 32.1. The van der Waals surface area contributed by atoms with Crippen LogP contribution in [0.4, 0.5) is 11.6 Å². The molecule has 0 amide bonds. The van der Waals surface area contributed by atoms with Crippen molar-refractivity contribution in [1.82, 2.24) is 19.5 Å². The Morgan fingerprint density at radius 2 is 1.76 bits per heavy atom. The van der Waals surface area contributed by atoms with Crippen LogP contribution in [0.5, 0.6) is 0 Å². The molecule has 0 spiro atoms. The molecular weight excluding hydrogens is 430 g/mol. The lowest BCUT2D eigenvalue weighted by molar-refractivity contribution is 0.739. The van der Waals surface area contributed by atoms with Crippen molar-refractivity contribution in [2.75, 3.05) is 4.90 Å². The number of fused-ring (bicyclic) bond motifs is 3. The van der Waals surface area contributed by atoms with Crippen LogP contribution in [0.3, 0.4) is 0 Å². The molecule has 0 bridgehead atoms. The van der Waals surface area contributed by atoms with Gasteiger partial charge in [0.1, 0.15) is 15.9 Å². The number of H-pyrrole nitrogens is 1. The first-order valence-corrected chi connectivity index (χ1v) is 11.3. The van der Waals surface area contributed by atoms with Crippen LogP contribution >= 0.6 is 12.2 Å². The summed E-state index contributed by atoms with van der Waals surface area (Å²) in [5, 5.41) is 2.57. The van der Waals surface area contributed by atoms with E-state index in [0.29, 0.717) is 27.4 Å². The van der Waals surface area contributed by atoms with Gasteiger partial charge in [-0.2, -0.15) is 4.98 Å². The van der Waals surface area contributed by atoms with E-state index < -0.39 is 0 Å². The van der Waals surface area contributed by atoms with Crippen molar-refractivity contribution in [1.29, 1.82) is 0 Å². The van der Waals surface area contributed by atoms with E-state index >= 15 is 0 Å². The number of benzene rings is 3. The summed E-state index contributed by atoms with van der Waals surface area (Å²) in [4.78, 5) is 27.8. The third-order valence-electron chi connectivity index (χ3n) is 6.32. The average Bonchev–Trinajstić information content (AvgIpc) is 3.14. The molecule has 6 nitrogen and oxygen atoms in total. The average molecular weight is 452 g/mol. The van der Waals surface area contributed by atoms with Crippen molar-refractivity contribution in [2.24, 2.45) is 0 Å². The van der Waals surface area contributed by atoms with Crippen LogP contribution in [-0.2, 0) is 6.42 Å². The zero-order chi connectivity index (χ0) is 22.7. The fourth-order valence-corrected chi connectivity index (χ4v) is 5.23. The molecule has 33 heavy (non-hydrogen) atoms. The van der Waals surface area contributed by atoms with E-state index in [0.717, 1.165) is 28.6 Å². The molecule has 6 rings (SSSR count). The van der Waals surface area contributed by atoms with E-state index in [9.17, 15) is 4.79 Å². The summed E-state index contributed by atoms with van der Waals surface area (Å²) in [6.07, 6.45) is 0.896. The van der Waals surface area contributed by atoms with Crippen molar-refractivity contribution in [3.8, 4) is 5.69 Å². The van der Waals surface area contributed by atoms with Gasteiger partial charge in [0.25, 0.3) is 5.56 Å². The molecule has 162 valence electrons. The fraction of sp³-hybridized carbons (Fsp3) is 0.154. The second kappa shape index (κ2) is 7.35. The number of aryl methyl sites for hydroxylation is 1. The number of nitrogens with zero attached hydrogens (tertiary/aromatic N) is 4. The molecule has 1 N–H and O–H groups in total. The lowest BCUT2D eigenvalue weighted by Gasteiger charge is -2.23. The molecule has 3 aromatic carbocycles. The first kappa shape index (κ1) is 19.8. The number of aromatic nitrogens is 4. The van der Waals surface area contributed by atoms with Gasteiger partial charge >= 0.3 is 0 Å². The third-order valence-corrected chi connectivity index (χ3v) is 6.71. The standard InChI is InChI=1S/C26H21N5OS/c1-15-13-19-9-5-6-10-21(19)30(15)26-28-23-22(24(32)29-26)25(33)31(16(2)27-23)20-12-11-17-7-3-4-8-18(17)14-20/h3-12,14-15H,13H2,1-2H3,(H,28,29,32)/t15-/m1/s1. The minimum absolute atomic E-state index is 0.179. The quantitative estimate of drug-likeness (QED) is 0.365. The lowest BCUT2D eigenvalue weighted by atomic mass is 10.1. The number of hydrogen-bond acceptors (Lipinski definition) is 5. The number of aromatic amines is 1. The molecule has 2 aromatic heterocycles. The monoisotopic (exact) mass is 451 g/mol. The van der Waals surface area contributed by atoms with E-state index in [4.69, 9.17) is 22.2 Å². The summed E-state index contributed by atoms with van der Waals surface area (Å²) in [7, 11) is 0. The fourth-order valence-electron chi connectivity index (χ4n) is 4.81. The molecule has 3 heterocycles. The largest absolute Gasteiger partial charge is 0.309 e. The van der Waals surface area contributed by atoms with Crippen molar-refractivity contribution >= 4 is 45.7 Å². The number of hydrogen-bond donors (Lipinski definition) is 1. The molecule has 0 radical (unpaired) electrons. The zero-order valence-electron chi connectivity index (χ0n) is 18.2. The van der Waals surface area contributed by atoms with Gasteiger partial charge in [0.05, 0.1) is 0 Å². The van der Waals surface area contributed by atoms with E-state index in [-0.39, 0.29) is 11.6 Å². The van der Waals surface area contributed by atoms with Crippen LogP contribution in [0.2, 0.25) is 0 Å². The smallest absolute Gasteiger partial charge is 0.264 e. The van der Waals surface area contributed by atoms with Gasteiger partial charge in [-0.05, 0) is 54.8 Å². The van der Waals surface area contributed by atoms with Gasteiger partial charge < -0.3 is 4.90 Å². The highest BCUT2D eigenvalue weighted by Crippen LogP contribution is 2.36. The van der Waals surface area contributed by atoms with Gasteiger partial charge in [-0.3, -0.25) is 14.3 Å². The summed E-state index contributed by atoms with van der Waals surface area (Å²) >= 11 is 5.79. The maximum Gasteiger partial charge on any atom is 0.264 e. The van der Waals surface area contributed by atoms with Crippen LogP contribution in [-0.4, -0.2) is 25.6 Å². The Hall–Kier alpha value is -3.84. The topological polar surface area (TPSA) is 66.8 Å². The minimum Gasteiger partial charge on any atom is -0.309 e. The first-order valence-electron chi connectivity index (χ1n) is 10.9. The van der Waals surface area contributed by atoms with Crippen LogP contribution in [0.25, 0.3) is 27.5 Å². The van der Waals surface area contributed by atoms with Crippen molar-refractivity contribution in [3.63, 3.8) is 0 Å². The molecule has 0 aliphatic carbocycles. The second-order valence-electron chi connectivity index (χ2n) is 8.47. The highest BCUT2D eigenvalue weighted by molar-refractivity contribution is 7.71. The molecule has 5 aromatic rings. The molecular formula is C26H21N5OS. The number of rotatable bonds is 2. The minimum atomic E-state index is -0.279. The predicted octanol–water partition coefficient (Wildman–Crippen LogP) is 5.38. The zero-order valence-corrected chi connectivity index (χ0v) is 19.1. The van der Waals surface area contributed by atoms with Crippen molar-refractivity contribution in [2.45, 2.75) is 26.3 Å². The van der Waals surface area contributed by atoms with Gasteiger partial charge in [0.2, 0.25) is 5.95 Å². The van der Waals surface area contributed by atoms with Crippen LogP contribution < -0.4 is 10.5 Å². The maximum atomic E-state index is 13.3. The second-order valence-corrected chi connectivity index (χ2v) is 8.86. The Balaban J connectivity index is 1.54. The SMILES string of the molecule is Cc1nc2nc(N3c4ccccc4C[C@H]3C)[nH]c(=O)c2c(=S)n1-c1ccc2ccccc2c1. The van der Waals surface area contributed by atoms with Crippen LogP contribution in [0.1, 0.15) is 18.3 Å². The van der Waals surface area contributed by atoms with Crippen molar-refractivity contribution < 1.29 is 0 Å². The van der Waals surface area contributed by atoms with Gasteiger partial charge in [-0.1, -0.05) is 60.7 Å². The summed E-state index contributed by atoms with van der Waals surface area (Å²) in [6.45, 7) is 4.01. The Morgan fingerprint density at radius 1 is 1.00 bits per heavy atom. The van der Waals surface area contributed by atoms with E-state index in [1.807, 2.05) is 47.9 Å². The highest BCUT2D eigenvalue weighted by Gasteiger charge is 2.29. The lowest BCUT2D eigenvalue weighted by Crippen LogP contribution is -2.28. The van der Waals surface area contributed by atoms with Gasteiger partial charge in [-0.25, -0.2) is 4.98 Å². The molecule has 0 saturated carbocycles. The van der Waals surface area contributed by atoms with E-state index in [1.54, 1.807) is 0 Å². The van der Waals surface area contributed by atoms with Crippen molar-refractivity contribution in [3.05, 3.63) is 93.1 Å². The van der Waals surface area contributed by atoms with Crippen LogP contribution in [0.15, 0.2) is 71.5 Å². The summed E-state index contributed by atoms with van der Waals surface area (Å²) in [6, 6.07) is 22.6. The third kappa shape index (κ3) is 3.08. The molecule has 1 aliphatic rings. The molecule has 1 aliphatic heterocycles. The van der Waals surface area contributed by atoms with E-state index in [2.05, 4.69) is 47.1 Å².